The predicted molar refractivity (Wildman–Crippen MR) is 53.1 cm³/mol. The smallest absolute Gasteiger partial charge is 0.277 e. The molecule has 0 aromatic rings. The number of hydrogen-bond donors (Lipinski definition) is 3. The molecule has 0 saturated carbocycles. The van der Waals surface area contributed by atoms with E-state index < -0.39 is 16.3 Å². The van der Waals surface area contributed by atoms with Gasteiger partial charge in [-0.05, 0) is 6.42 Å². The Balaban J connectivity index is 3.93. The fourth-order valence-electron chi connectivity index (χ4n) is 0.789. The summed E-state index contributed by atoms with van der Waals surface area (Å²) in [5.74, 6) is 0. The third-order valence-electron chi connectivity index (χ3n) is 1.63. The monoisotopic (exact) mass is 226 g/mol. The van der Waals surface area contributed by atoms with Gasteiger partial charge in [0.15, 0.2) is 0 Å². The van der Waals surface area contributed by atoms with Gasteiger partial charge in [0, 0.05) is 19.7 Å². The van der Waals surface area contributed by atoms with Gasteiger partial charge in [0.2, 0.25) is 0 Å². The van der Waals surface area contributed by atoms with Gasteiger partial charge in [0.05, 0.1) is 13.2 Å². The van der Waals surface area contributed by atoms with E-state index in [1.54, 1.807) is 6.92 Å². The summed E-state index contributed by atoms with van der Waals surface area (Å²) in [6.07, 6.45) is 0.543. The lowest BCUT2D eigenvalue weighted by atomic mass is 10.3. The van der Waals surface area contributed by atoms with E-state index >= 15 is 0 Å². The average molecular weight is 226 g/mol. The Morgan fingerprint density at radius 3 is 2.57 bits per heavy atom. The third kappa shape index (κ3) is 6.28. The highest BCUT2D eigenvalue weighted by Gasteiger charge is 2.14. The van der Waals surface area contributed by atoms with Crippen LogP contribution in [0.25, 0.3) is 0 Å². The van der Waals surface area contributed by atoms with Crippen molar-refractivity contribution in [3.63, 3.8) is 0 Å². The Hall–Kier alpha value is -0.210. The van der Waals surface area contributed by atoms with Gasteiger partial charge in [-0.3, -0.25) is 0 Å². The first-order chi connectivity index (χ1) is 6.55. The molecule has 6 nitrogen and oxygen atoms in total. The molecule has 0 aliphatic carbocycles. The zero-order valence-corrected chi connectivity index (χ0v) is 9.30. The first-order valence-electron chi connectivity index (χ1n) is 4.42. The highest BCUT2D eigenvalue weighted by molar-refractivity contribution is 7.87. The summed E-state index contributed by atoms with van der Waals surface area (Å²) in [5, 5.41) is 8.78. The molecule has 0 aliphatic heterocycles. The number of aliphatic hydroxyl groups is 1. The third-order valence-corrected chi connectivity index (χ3v) is 2.86. The number of aliphatic hydroxyl groups excluding tert-OH is 1. The van der Waals surface area contributed by atoms with Crippen molar-refractivity contribution >= 4 is 10.2 Å². The minimum absolute atomic E-state index is 0.207. The number of ether oxygens (including phenoxy) is 1. The van der Waals surface area contributed by atoms with Crippen LogP contribution in [0, 0.1) is 0 Å². The van der Waals surface area contributed by atoms with Crippen LogP contribution in [-0.2, 0) is 14.9 Å². The van der Waals surface area contributed by atoms with Crippen LogP contribution in [0.15, 0.2) is 0 Å². The van der Waals surface area contributed by atoms with E-state index in [0.29, 0.717) is 13.0 Å². The Morgan fingerprint density at radius 2 is 2.14 bits per heavy atom. The molecule has 0 spiro atoms. The van der Waals surface area contributed by atoms with Gasteiger partial charge in [-0.1, -0.05) is 6.92 Å². The molecule has 0 heterocycles. The van der Waals surface area contributed by atoms with Crippen molar-refractivity contribution in [1.29, 1.82) is 0 Å². The quantitative estimate of drug-likeness (QED) is 0.455. The molecule has 0 saturated heterocycles. The molecule has 0 rings (SSSR count). The van der Waals surface area contributed by atoms with Crippen LogP contribution in [0.3, 0.4) is 0 Å². The van der Waals surface area contributed by atoms with Crippen molar-refractivity contribution in [2.75, 3.05) is 26.9 Å². The lowest BCUT2D eigenvalue weighted by Crippen LogP contribution is -2.44. The summed E-state index contributed by atoms with van der Waals surface area (Å²) in [4.78, 5) is 0. The fraction of sp³-hybridized carbons (Fsp3) is 1.00. The van der Waals surface area contributed by atoms with Crippen molar-refractivity contribution in [3.05, 3.63) is 0 Å². The number of rotatable bonds is 8. The van der Waals surface area contributed by atoms with Gasteiger partial charge in [-0.25, -0.2) is 0 Å². The van der Waals surface area contributed by atoms with E-state index in [0.717, 1.165) is 0 Å². The molecule has 1 atom stereocenters. The Kier molecular flexibility index (Phi) is 7.02. The molecular formula is C7H18N2O4S. The number of nitrogens with one attached hydrogen (secondary N) is 2. The van der Waals surface area contributed by atoms with Crippen LogP contribution >= 0.6 is 0 Å². The molecule has 14 heavy (non-hydrogen) atoms. The van der Waals surface area contributed by atoms with E-state index in [4.69, 9.17) is 9.84 Å². The molecule has 0 bridgehead atoms. The van der Waals surface area contributed by atoms with E-state index in [9.17, 15) is 8.42 Å². The summed E-state index contributed by atoms with van der Waals surface area (Å²) in [6.45, 7) is 2.12. The summed E-state index contributed by atoms with van der Waals surface area (Å²) in [5.41, 5.74) is 0. The van der Waals surface area contributed by atoms with Crippen LogP contribution in [0.5, 0.6) is 0 Å². The van der Waals surface area contributed by atoms with Crippen LogP contribution in [0.4, 0.5) is 0 Å². The highest BCUT2D eigenvalue weighted by atomic mass is 32.2. The lowest BCUT2D eigenvalue weighted by molar-refractivity contribution is 0.204. The van der Waals surface area contributed by atoms with Gasteiger partial charge in [-0.15, -0.1) is 0 Å². The van der Waals surface area contributed by atoms with Gasteiger partial charge < -0.3 is 9.84 Å². The Bertz CT molecular complexity index is 226. The van der Waals surface area contributed by atoms with Gasteiger partial charge in [-0.2, -0.15) is 17.9 Å². The second-order valence-corrected chi connectivity index (χ2v) is 4.33. The zero-order valence-electron chi connectivity index (χ0n) is 8.49. The van der Waals surface area contributed by atoms with E-state index in [-0.39, 0.29) is 13.2 Å². The van der Waals surface area contributed by atoms with Crippen LogP contribution < -0.4 is 9.44 Å². The molecule has 0 unspecified atom stereocenters. The van der Waals surface area contributed by atoms with Crippen LogP contribution in [-0.4, -0.2) is 46.4 Å². The average Bonchev–Trinajstić information content (AvgIpc) is 2.14. The maximum Gasteiger partial charge on any atom is 0.277 e. The highest BCUT2D eigenvalue weighted by Crippen LogP contribution is 1.91. The van der Waals surface area contributed by atoms with Crippen molar-refractivity contribution < 1.29 is 18.3 Å². The van der Waals surface area contributed by atoms with Crippen molar-refractivity contribution in [1.82, 2.24) is 9.44 Å². The molecule has 86 valence electrons. The minimum atomic E-state index is -3.52. The summed E-state index contributed by atoms with van der Waals surface area (Å²) in [7, 11) is -2.03. The molecule has 3 N–H and O–H groups in total. The lowest BCUT2D eigenvalue weighted by Gasteiger charge is -2.14. The largest absolute Gasteiger partial charge is 0.395 e. The zero-order chi connectivity index (χ0) is 11.0. The molecule has 0 fully saturated rings. The fourth-order valence-corrected chi connectivity index (χ4v) is 1.90. The van der Waals surface area contributed by atoms with Gasteiger partial charge in [0.25, 0.3) is 10.2 Å². The van der Waals surface area contributed by atoms with Crippen molar-refractivity contribution in [2.24, 2.45) is 0 Å². The molecule has 0 radical (unpaired) electrons. The van der Waals surface area contributed by atoms with E-state index in [1.165, 1.54) is 7.11 Å². The predicted octanol–water partition coefficient (Wildman–Crippen LogP) is -1.17. The number of hydrogen-bond acceptors (Lipinski definition) is 4. The van der Waals surface area contributed by atoms with Crippen LogP contribution in [0.2, 0.25) is 0 Å². The summed E-state index contributed by atoms with van der Waals surface area (Å²) >= 11 is 0. The first-order valence-corrected chi connectivity index (χ1v) is 5.90. The molecule has 0 aromatic heterocycles. The Labute approximate surface area is 84.8 Å². The maximum atomic E-state index is 11.2. The molecule has 0 aliphatic rings. The van der Waals surface area contributed by atoms with E-state index in [1.807, 2.05) is 0 Å². The standard InChI is InChI=1S/C7H18N2O4S/c1-3-7(6-10)9-14(11,12)8-4-5-13-2/h7-10H,3-6H2,1-2H3/t7-/m0/s1. The second kappa shape index (κ2) is 7.13. The second-order valence-electron chi connectivity index (χ2n) is 2.80. The van der Waals surface area contributed by atoms with Gasteiger partial charge >= 0.3 is 0 Å². The minimum Gasteiger partial charge on any atom is -0.395 e. The van der Waals surface area contributed by atoms with Crippen molar-refractivity contribution in [3.8, 4) is 0 Å². The molecule has 0 aromatic carbocycles. The van der Waals surface area contributed by atoms with E-state index in [2.05, 4.69) is 9.44 Å². The van der Waals surface area contributed by atoms with Gasteiger partial charge in [0.1, 0.15) is 0 Å². The molecule has 7 heteroatoms. The molecular weight excluding hydrogens is 208 g/mol. The topological polar surface area (TPSA) is 87.7 Å². The Morgan fingerprint density at radius 1 is 1.50 bits per heavy atom. The van der Waals surface area contributed by atoms with Crippen molar-refractivity contribution in [2.45, 2.75) is 19.4 Å². The summed E-state index contributed by atoms with van der Waals surface area (Å²) < 4.78 is 31.8. The molecule has 0 amide bonds. The first kappa shape index (κ1) is 13.8. The van der Waals surface area contributed by atoms with Crippen LogP contribution in [0.1, 0.15) is 13.3 Å². The maximum absolute atomic E-state index is 11.2. The SMILES string of the molecule is CC[C@@H](CO)NS(=O)(=O)NCCOC. The number of methoxy groups -OCH3 is 1. The normalized spacial score (nSPS) is 14.2. The summed E-state index contributed by atoms with van der Waals surface area (Å²) in [6, 6.07) is -0.435.